The summed E-state index contributed by atoms with van der Waals surface area (Å²) in [5, 5.41) is 12.4. The first-order valence-electron chi connectivity index (χ1n) is 13.2. The molecule has 2 aliphatic rings. The monoisotopic (exact) mass is 579 g/mol. The standard InChI is InChI=1S/C18H22F3NO5S.C8H14O3/c1-3-5-12-15(9-8-13-16(12)27-22-17(13)18(19,20)21)26-14-7-4-6-11(14)10-25-28(2,23)24;1-2-11-8(10)6-4-3-5-7(6)9/h8-9,11,14H,3-7,10H2,1-2H3;6-7,9H,2-5H2,1H3/t11-,14+;6-,7+/m10/s1. The summed E-state index contributed by atoms with van der Waals surface area (Å²) in [7, 11) is -3.55. The predicted octanol–water partition coefficient (Wildman–Crippen LogP) is 5.03. The minimum absolute atomic E-state index is 0.0232. The fourth-order valence-electron chi connectivity index (χ4n) is 5.03. The average Bonchev–Trinajstić information content (AvgIpc) is 3.58. The molecule has 2 fully saturated rings. The van der Waals surface area contributed by atoms with Gasteiger partial charge >= 0.3 is 12.1 Å². The minimum atomic E-state index is -4.60. The Morgan fingerprint density at radius 1 is 1.15 bits per heavy atom. The van der Waals surface area contributed by atoms with Gasteiger partial charge < -0.3 is 19.1 Å². The van der Waals surface area contributed by atoms with Crippen LogP contribution in [-0.4, -0.2) is 56.3 Å². The van der Waals surface area contributed by atoms with Crippen LogP contribution in [0, 0.1) is 11.8 Å². The van der Waals surface area contributed by atoms with Gasteiger partial charge in [-0.05, 0) is 64.0 Å². The molecule has 0 saturated heterocycles. The van der Waals surface area contributed by atoms with E-state index in [0.29, 0.717) is 37.2 Å². The molecule has 1 aromatic heterocycles. The van der Waals surface area contributed by atoms with Crippen LogP contribution in [0.5, 0.6) is 5.75 Å². The molecule has 220 valence electrons. The number of aromatic nitrogens is 1. The van der Waals surface area contributed by atoms with Gasteiger partial charge in [-0.1, -0.05) is 18.5 Å². The van der Waals surface area contributed by atoms with Crippen molar-refractivity contribution in [2.75, 3.05) is 19.5 Å². The second-order valence-corrected chi connectivity index (χ2v) is 11.5. The fourth-order valence-corrected chi connectivity index (χ4v) is 5.45. The number of aryl methyl sites for hydroxylation is 1. The minimum Gasteiger partial charge on any atom is -0.490 e. The van der Waals surface area contributed by atoms with Crippen LogP contribution in [0.2, 0.25) is 0 Å². The van der Waals surface area contributed by atoms with E-state index in [1.54, 1.807) is 6.92 Å². The molecule has 4 rings (SSSR count). The maximum Gasteiger partial charge on any atom is 0.437 e. The third-order valence-corrected chi connectivity index (χ3v) is 7.47. The number of halogens is 3. The lowest BCUT2D eigenvalue weighted by atomic mass is 10.0. The molecule has 0 unspecified atom stereocenters. The lowest BCUT2D eigenvalue weighted by Gasteiger charge is -2.22. The number of aliphatic hydroxyl groups excluding tert-OH is 1. The molecule has 2 saturated carbocycles. The van der Waals surface area contributed by atoms with Gasteiger partial charge in [-0.15, -0.1) is 0 Å². The lowest BCUT2D eigenvalue weighted by Crippen LogP contribution is -2.26. The first kappa shape index (κ1) is 31.2. The van der Waals surface area contributed by atoms with Crippen molar-refractivity contribution in [2.45, 2.75) is 83.6 Å². The smallest absolute Gasteiger partial charge is 0.437 e. The van der Waals surface area contributed by atoms with Crippen molar-refractivity contribution < 1.29 is 49.7 Å². The number of rotatable bonds is 9. The Morgan fingerprint density at radius 3 is 2.46 bits per heavy atom. The summed E-state index contributed by atoms with van der Waals surface area (Å²) in [6.07, 6.45) is 1.58. The van der Waals surface area contributed by atoms with E-state index in [-0.39, 0.29) is 41.5 Å². The molecule has 2 aliphatic carbocycles. The van der Waals surface area contributed by atoms with Crippen LogP contribution in [0.15, 0.2) is 16.7 Å². The topological polar surface area (TPSA) is 125 Å². The Hall–Kier alpha value is -2.38. The third kappa shape index (κ3) is 8.31. The molecule has 9 nitrogen and oxygen atoms in total. The zero-order valence-corrected chi connectivity index (χ0v) is 23.1. The number of carbonyl (C=O) groups is 1. The number of benzene rings is 1. The molecule has 1 aromatic carbocycles. The molecular formula is C26H36F3NO8S. The van der Waals surface area contributed by atoms with E-state index < -0.39 is 28.1 Å². The summed E-state index contributed by atoms with van der Waals surface area (Å²) >= 11 is 0. The van der Waals surface area contributed by atoms with Crippen molar-refractivity contribution in [1.82, 2.24) is 5.16 Å². The van der Waals surface area contributed by atoms with Crippen LogP contribution < -0.4 is 4.74 Å². The number of hydrogen-bond acceptors (Lipinski definition) is 9. The maximum atomic E-state index is 13.1. The molecule has 0 aliphatic heterocycles. The average molecular weight is 580 g/mol. The molecule has 39 heavy (non-hydrogen) atoms. The maximum absolute atomic E-state index is 13.1. The number of esters is 1. The lowest BCUT2D eigenvalue weighted by molar-refractivity contribution is -0.150. The molecule has 1 N–H and O–H groups in total. The molecule has 0 amide bonds. The van der Waals surface area contributed by atoms with Crippen molar-refractivity contribution in [2.24, 2.45) is 11.8 Å². The van der Waals surface area contributed by atoms with Crippen LogP contribution in [0.4, 0.5) is 13.2 Å². The van der Waals surface area contributed by atoms with Crippen molar-refractivity contribution in [3.63, 3.8) is 0 Å². The number of ether oxygens (including phenoxy) is 2. The first-order chi connectivity index (χ1) is 18.4. The van der Waals surface area contributed by atoms with Gasteiger partial charge in [0.2, 0.25) is 0 Å². The number of hydrogen-bond donors (Lipinski definition) is 1. The molecule has 4 atom stereocenters. The molecule has 2 aromatic rings. The predicted molar refractivity (Wildman–Crippen MR) is 136 cm³/mol. The van der Waals surface area contributed by atoms with E-state index in [1.165, 1.54) is 12.1 Å². The molecule has 1 heterocycles. The van der Waals surface area contributed by atoms with Crippen molar-refractivity contribution in [3.8, 4) is 5.75 Å². The molecular weight excluding hydrogens is 543 g/mol. The first-order valence-corrected chi connectivity index (χ1v) is 15.0. The summed E-state index contributed by atoms with van der Waals surface area (Å²) in [5.41, 5.74) is -0.432. The van der Waals surface area contributed by atoms with Gasteiger partial charge in [0, 0.05) is 11.5 Å². The number of carbonyl (C=O) groups excluding carboxylic acids is 1. The Morgan fingerprint density at radius 2 is 1.87 bits per heavy atom. The van der Waals surface area contributed by atoms with Crippen molar-refractivity contribution in [3.05, 3.63) is 23.4 Å². The van der Waals surface area contributed by atoms with Gasteiger partial charge in [-0.2, -0.15) is 21.6 Å². The molecule has 0 bridgehead atoms. The van der Waals surface area contributed by atoms with Gasteiger partial charge in [-0.25, -0.2) is 0 Å². The SMILES string of the molecule is CCCc1c(O[C@H]2CCC[C@@H]2COS(C)(=O)=O)ccc2c(C(F)(F)F)noc12.CCOC(=O)[C@H]1CCC[C@H]1O. The zero-order valence-electron chi connectivity index (χ0n) is 22.3. The highest BCUT2D eigenvalue weighted by molar-refractivity contribution is 7.85. The summed E-state index contributed by atoms with van der Waals surface area (Å²) in [5.74, 6) is -0.164. The summed E-state index contributed by atoms with van der Waals surface area (Å²) in [4.78, 5) is 11.1. The van der Waals surface area contributed by atoms with Gasteiger partial charge in [0.25, 0.3) is 10.1 Å². The Balaban J connectivity index is 0.000000320. The largest absolute Gasteiger partial charge is 0.490 e. The summed E-state index contributed by atoms with van der Waals surface area (Å²) < 4.78 is 82.7. The van der Waals surface area contributed by atoms with Crippen LogP contribution in [0.3, 0.4) is 0 Å². The Bertz CT molecular complexity index is 1210. The third-order valence-electron chi connectivity index (χ3n) is 6.90. The number of nitrogens with zero attached hydrogens (tertiary/aromatic N) is 1. The van der Waals surface area contributed by atoms with Gasteiger partial charge in [-0.3, -0.25) is 8.98 Å². The van der Waals surface area contributed by atoms with E-state index in [1.807, 2.05) is 6.92 Å². The number of fused-ring (bicyclic) bond motifs is 1. The zero-order chi connectivity index (χ0) is 28.8. The van der Waals surface area contributed by atoms with Crippen LogP contribution in [0.1, 0.15) is 70.1 Å². The van der Waals surface area contributed by atoms with E-state index in [9.17, 15) is 31.5 Å². The Kier molecular flexibility index (Phi) is 10.6. The van der Waals surface area contributed by atoms with Crippen LogP contribution in [0.25, 0.3) is 11.0 Å². The van der Waals surface area contributed by atoms with Crippen LogP contribution in [-0.2, 0) is 36.4 Å². The number of aliphatic hydroxyl groups is 1. The van der Waals surface area contributed by atoms with E-state index >= 15 is 0 Å². The van der Waals surface area contributed by atoms with Crippen molar-refractivity contribution >= 4 is 27.1 Å². The van der Waals surface area contributed by atoms with E-state index in [4.69, 9.17) is 18.2 Å². The quantitative estimate of drug-likeness (QED) is 0.321. The summed E-state index contributed by atoms with van der Waals surface area (Å²) in [6.45, 7) is 4.11. The Labute approximate surface area is 226 Å². The molecule has 0 spiro atoms. The second kappa shape index (κ2) is 13.3. The molecule has 13 heteroatoms. The van der Waals surface area contributed by atoms with Crippen LogP contribution >= 0.6 is 0 Å². The highest BCUT2D eigenvalue weighted by Crippen LogP contribution is 2.40. The van der Waals surface area contributed by atoms with Crippen molar-refractivity contribution in [1.29, 1.82) is 0 Å². The summed E-state index contributed by atoms with van der Waals surface area (Å²) in [6, 6.07) is 2.81. The normalized spacial score (nSPS) is 23.5. The van der Waals surface area contributed by atoms with E-state index in [2.05, 4.69) is 5.16 Å². The highest BCUT2D eigenvalue weighted by atomic mass is 32.2. The fraction of sp³-hybridized carbons (Fsp3) is 0.692. The highest BCUT2D eigenvalue weighted by Gasteiger charge is 2.38. The number of alkyl halides is 3. The van der Waals surface area contributed by atoms with Gasteiger partial charge in [0.1, 0.15) is 11.9 Å². The second-order valence-electron chi connectivity index (χ2n) is 9.89. The van der Waals surface area contributed by atoms with E-state index in [0.717, 1.165) is 38.4 Å². The molecule has 0 radical (unpaired) electrons. The van der Waals surface area contributed by atoms with Gasteiger partial charge in [0.05, 0.1) is 36.9 Å². The van der Waals surface area contributed by atoms with Gasteiger partial charge in [0.15, 0.2) is 11.3 Å².